The summed E-state index contributed by atoms with van der Waals surface area (Å²) >= 11 is 0. The Kier molecular flexibility index (Phi) is 4.37. The number of hydrogen-bond donors (Lipinski definition) is 2. The first-order chi connectivity index (χ1) is 7.13. The standard InChI is InChI=1S/C11H19N3O/c1-4-15-7-9(3)14-11-5-8(2)10(12)6-13-11/h5-6,9H,4,7,12H2,1-3H3,(H,13,14). The van der Waals surface area contributed by atoms with Crippen molar-refractivity contribution in [1.82, 2.24) is 4.98 Å². The van der Waals surface area contributed by atoms with Crippen LogP contribution in [-0.4, -0.2) is 24.2 Å². The zero-order valence-corrected chi connectivity index (χ0v) is 9.58. The number of nitrogen functional groups attached to an aromatic ring is 1. The predicted octanol–water partition coefficient (Wildman–Crippen LogP) is 1.81. The van der Waals surface area contributed by atoms with Gasteiger partial charge < -0.3 is 15.8 Å². The Labute approximate surface area is 90.8 Å². The first-order valence-corrected chi connectivity index (χ1v) is 5.20. The lowest BCUT2D eigenvalue weighted by Gasteiger charge is -2.14. The molecule has 1 heterocycles. The van der Waals surface area contributed by atoms with Crippen molar-refractivity contribution in [3.8, 4) is 0 Å². The maximum atomic E-state index is 5.68. The molecule has 0 spiro atoms. The molecule has 1 unspecified atom stereocenters. The first-order valence-electron chi connectivity index (χ1n) is 5.20. The van der Waals surface area contributed by atoms with Gasteiger partial charge in [-0.25, -0.2) is 4.98 Å². The quantitative estimate of drug-likeness (QED) is 0.776. The van der Waals surface area contributed by atoms with E-state index in [-0.39, 0.29) is 6.04 Å². The molecule has 0 amide bonds. The molecule has 0 bridgehead atoms. The number of aromatic nitrogens is 1. The van der Waals surface area contributed by atoms with Crippen LogP contribution < -0.4 is 11.1 Å². The molecule has 0 aliphatic rings. The maximum absolute atomic E-state index is 5.68. The van der Waals surface area contributed by atoms with E-state index in [1.54, 1.807) is 6.20 Å². The number of pyridine rings is 1. The second kappa shape index (κ2) is 5.56. The van der Waals surface area contributed by atoms with Crippen molar-refractivity contribution >= 4 is 11.5 Å². The van der Waals surface area contributed by atoms with E-state index in [0.717, 1.165) is 23.7 Å². The monoisotopic (exact) mass is 209 g/mol. The molecule has 3 N–H and O–H groups in total. The molecule has 0 radical (unpaired) electrons. The molecule has 4 nitrogen and oxygen atoms in total. The number of aryl methyl sites for hydroxylation is 1. The molecule has 0 aromatic carbocycles. The minimum Gasteiger partial charge on any atom is -0.397 e. The van der Waals surface area contributed by atoms with Gasteiger partial charge in [0, 0.05) is 12.6 Å². The SMILES string of the molecule is CCOCC(C)Nc1cc(C)c(N)cn1. The Morgan fingerprint density at radius 1 is 1.60 bits per heavy atom. The van der Waals surface area contributed by atoms with E-state index in [0.29, 0.717) is 6.61 Å². The van der Waals surface area contributed by atoms with Gasteiger partial charge in [-0.05, 0) is 32.4 Å². The fourth-order valence-corrected chi connectivity index (χ4v) is 1.23. The zero-order valence-electron chi connectivity index (χ0n) is 9.58. The van der Waals surface area contributed by atoms with Gasteiger partial charge in [0.2, 0.25) is 0 Å². The summed E-state index contributed by atoms with van der Waals surface area (Å²) in [7, 11) is 0. The van der Waals surface area contributed by atoms with Gasteiger partial charge in [0.25, 0.3) is 0 Å². The second-order valence-electron chi connectivity index (χ2n) is 3.63. The van der Waals surface area contributed by atoms with Gasteiger partial charge >= 0.3 is 0 Å². The van der Waals surface area contributed by atoms with Crippen LogP contribution in [0.5, 0.6) is 0 Å². The minimum atomic E-state index is 0.250. The molecule has 0 saturated heterocycles. The summed E-state index contributed by atoms with van der Waals surface area (Å²) in [5.41, 5.74) is 7.44. The Bertz CT molecular complexity index is 315. The fraction of sp³-hybridized carbons (Fsp3) is 0.545. The highest BCUT2D eigenvalue weighted by Gasteiger charge is 2.03. The van der Waals surface area contributed by atoms with Crippen LogP contribution in [0.4, 0.5) is 11.5 Å². The van der Waals surface area contributed by atoms with Gasteiger partial charge in [0.15, 0.2) is 0 Å². The molecule has 0 aliphatic heterocycles. The average molecular weight is 209 g/mol. The third-order valence-electron chi connectivity index (χ3n) is 2.12. The van der Waals surface area contributed by atoms with E-state index in [2.05, 4.69) is 17.2 Å². The molecule has 0 aliphatic carbocycles. The number of anilines is 2. The number of ether oxygens (including phenoxy) is 1. The lowest BCUT2D eigenvalue weighted by molar-refractivity contribution is 0.141. The third kappa shape index (κ3) is 3.75. The lowest BCUT2D eigenvalue weighted by Crippen LogP contribution is -2.22. The number of hydrogen-bond acceptors (Lipinski definition) is 4. The highest BCUT2D eigenvalue weighted by Crippen LogP contribution is 2.13. The highest BCUT2D eigenvalue weighted by atomic mass is 16.5. The van der Waals surface area contributed by atoms with Gasteiger partial charge in [-0.2, -0.15) is 0 Å². The van der Waals surface area contributed by atoms with E-state index in [1.165, 1.54) is 0 Å². The molecule has 0 saturated carbocycles. The Morgan fingerprint density at radius 3 is 2.93 bits per heavy atom. The minimum absolute atomic E-state index is 0.250. The van der Waals surface area contributed by atoms with Crippen molar-refractivity contribution in [2.45, 2.75) is 26.8 Å². The second-order valence-corrected chi connectivity index (χ2v) is 3.63. The number of nitrogens with one attached hydrogen (secondary N) is 1. The average Bonchev–Trinajstić information content (AvgIpc) is 2.20. The molecule has 0 fully saturated rings. The molecule has 1 aromatic rings. The molecule has 1 aromatic heterocycles. The van der Waals surface area contributed by atoms with Gasteiger partial charge in [-0.3, -0.25) is 0 Å². The summed E-state index contributed by atoms with van der Waals surface area (Å²) in [5, 5.41) is 3.25. The summed E-state index contributed by atoms with van der Waals surface area (Å²) in [5.74, 6) is 0.842. The summed E-state index contributed by atoms with van der Waals surface area (Å²) < 4.78 is 5.31. The Morgan fingerprint density at radius 2 is 2.33 bits per heavy atom. The van der Waals surface area contributed by atoms with Gasteiger partial charge in [0.1, 0.15) is 5.82 Å². The van der Waals surface area contributed by atoms with Crippen LogP contribution in [0.3, 0.4) is 0 Å². The van der Waals surface area contributed by atoms with Crippen molar-refractivity contribution in [3.63, 3.8) is 0 Å². The van der Waals surface area contributed by atoms with Crippen LogP contribution in [0.1, 0.15) is 19.4 Å². The summed E-state index contributed by atoms with van der Waals surface area (Å²) in [6.45, 7) is 7.43. The van der Waals surface area contributed by atoms with Crippen molar-refractivity contribution in [2.75, 3.05) is 24.3 Å². The van der Waals surface area contributed by atoms with Gasteiger partial charge in [0.05, 0.1) is 18.5 Å². The third-order valence-corrected chi connectivity index (χ3v) is 2.12. The summed E-state index contributed by atoms with van der Waals surface area (Å²) in [4.78, 5) is 4.20. The van der Waals surface area contributed by atoms with Gasteiger partial charge in [-0.1, -0.05) is 0 Å². The number of nitrogens with two attached hydrogens (primary N) is 1. The smallest absolute Gasteiger partial charge is 0.126 e. The van der Waals surface area contributed by atoms with E-state index < -0.39 is 0 Å². The zero-order chi connectivity index (χ0) is 11.3. The Balaban J connectivity index is 2.53. The number of rotatable bonds is 5. The van der Waals surface area contributed by atoms with Crippen molar-refractivity contribution in [1.29, 1.82) is 0 Å². The van der Waals surface area contributed by atoms with Crippen molar-refractivity contribution in [2.24, 2.45) is 0 Å². The molecule has 1 atom stereocenters. The highest BCUT2D eigenvalue weighted by molar-refractivity contribution is 5.51. The van der Waals surface area contributed by atoms with E-state index in [1.807, 2.05) is 19.9 Å². The topological polar surface area (TPSA) is 60.2 Å². The van der Waals surface area contributed by atoms with Crippen molar-refractivity contribution < 1.29 is 4.74 Å². The first kappa shape index (κ1) is 11.8. The van der Waals surface area contributed by atoms with Crippen LogP contribution in [0.2, 0.25) is 0 Å². The largest absolute Gasteiger partial charge is 0.397 e. The van der Waals surface area contributed by atoms with Crippen molar-refractivity contribution in [3.05, 3.63) is 17.8 Å². The Hall–Kier alpha value is -1.29. The van der Waals surface area contributed by atoms with Crippen LogP contribution in [-0.2, 0) is 4.74 Å². The summed E-state index contributed by atoms with van der Waals surface area (Å²) in [6, 6.07) is 2.19. The van der Waals surface area contributed by atoms with Crippen LogP contribution >= 0.6 is 0 Å². The molecule has 84 valence electrons. The van der Waals surface area contributed by atoms with E-state index in [4.69, 9.17) is 10.5 Å². The van der Waals surface area contributed by atoms with Crippen LogP contribution in [0.15, 0.2) is 12.3 Å². The molecular formula is C11H19N3O. The normalized spacial score (nSPS) is 12.5. The molecule has 1 rings (SSSR count). The summed E-state index contributed by atoms with van der Waals surface area (Å²) in [6.07, 6.45) is 1.67. The number of nitrogens with zero attached hydrogens (tertiary/aromatic N) is 1. The fourth-order valence-electron chi connectivity index (χ4n) is 1.23. The van der Waals surface area contributed by atoms with Gasteiger partial charge in [-0.15, -0.1) is 0 Å². The molecular weight excluding hydrogens is 190 g/mol. The van der Waals surface area contributed by atoms with Crippen LogP contribution in [0.25, 0.3) is 0 Å². The van der Waals surface area contributed by atoms with E-state index in [9.17, 15) is 0 Å². The molecule has 15 heavy (non-hydrogen) atoms. The molecule has 4 heteroatoms. The van der Waals surface area contributed by atoms with E-state index >= 15 is 0 Å². The van der Waals surface area contributed by atoms with Crippen LogP contribution in [0, 0.1) is 6.92 Å². The lowest BCUT2D eigenvalue weighted by atomic mass is 10.2. The predicted molar refractivity (Wildman–Crippen MR) is 63.0 cm³/mol. The maximum Gasteiger partial charge on any atom is 0.126 e.